The summed E-state index contributed by atoms with van der Waals surface area (Å²) >= 11 is 3.35. The summed E-state index contributed by atoms with van der Waals surface area (Å²) in [6, 6.07) is 5.00. The largest absolute Gasteiger partial charge is 0.465 e. The van der Waals surface area contributed by atoms with Crippen molar-refractivity contribution < 1.29 is 23.9 Å². The molecule has 0 saturated carbocycles. The van der Waals surface area contributed by atoms with Crippen molar-refractivity contribution in [1.82, 2.24) is 0 Å². The third-order valence-electron chi connectivity index (χ3n) is 3.50. The Morgan fingerprint density at radius 3 is 2.28 bits per heavy atom. The number of anilines is 1. The lowest BCUT2D eigenvalue weighted by molar-refractivity contribution is -0.139. The molecular weight excluding hydrogens is 390 g/mol. The van der Waals surface area contributed by atoms with Crippen LogP contribution in [0.3, 0.4) is 0 Å². The van der Waals surface area contributed by atoms with E-state index in [-0.39, 0.29) is 17.1 Å². The summed E-state index contributed by atoms with van der Waals surface area (Å²) in [5.74, 6) is -1.45. The molecule has 1 aromatic carbocycles. The van der Waals surface area contributed by atoms with Crippen LogP contribution in [-0.4, -0.2) is 31.9 Å². The van der Waals surface area contributed by atoms with Gasteiger partial charge in [-0.05, 0) is 53.2 Å². The minimum atomic E-state index is -0.691. The Bertz CT molecular complexity index is 823. The van der Waals surface area contributed by atoms with Gasteiger partial charge < -0.3 is 14.4 Å². The van der Waals surface area contributed by atoms with Crippen LogP contribution in [0, 0.1) is 0 Å². The van der Waals surface area contributed by atoms with Crippen LogP contribution in [0.1, 0.15) is 17.3 Å². The number of allylic oxidation sites excluding steroid dienone is 2. The van der Waals surface area contributed by atoms with Gasteiger partial charge in [-0.1, -0.05) is 6.08 Å². The molecule has 6 nitrogen and oxygen atoms in total. The average Bonchev–Trinajstić information content (AvgIpc) is 2.82. The first-order valence-electron chi connectivity index (χ1n) is 7.26. The van der Waals surface area contributed by atoms with E-state index in [0.717, 1.165) is 0 Å². The summed E-state index contributed by atoms with van der Waals surface area (Å²) in [5.41, 5.74) is 1.16. The fourth-order valence-corrected chi connectivity index (χ4v) is 2.95. The van der Waals surface area contributed by atoms with E-state index in [4.69, 9.17) is 9.47 Å². The Balaban J connectivity index is 2.64. The van der Waals surface area contributed by atoms with Gasteiger partial charge in [0.25, 0.3) is 0 Å². The van der Waals surface area contributed by atoms with E-state index in [1.54, 1.807) is 36.6 Å². The smallest absolute Gasteiger partial charge is 0.355 e. The number of rotatable bonds is 4. The lowest BCUT2D eigenvalue weighted by Gasteiger charge is -2.23. The molecule has 25 heavy (non-hydrogen) atoms. The van der Waals surface area contributed by atoms with Crippen LogP contribution in [0.2, 0.25) is 0 Å². The zero-order chi connectivity index (χ0) is 18.6. The van der Waals surface area contributed by atoms with Crippen molar-refractivity contribution in [3.8, 4) is 0 Å². The Hall–Kier alpha value is -2.67. The Labute approximate surface area is 153 Å². The molecule has 0 fully saturated rings. The summed E-state index contributed by atoms with van der Waals surface area (Å²) in [4.78, 5) is 37.5. The molecule has 0 N–H and O–H groups in total. The molecule has 0 bridgehead atoms. The Kier molecular flexibility index (Phi) is 5.93. The average molecular weight is 406 g/mol. The van der Waals surface area contributed by atoms with Gasteiger partial charge in [0.2, 0.25) is 0 Å². The fourth-order valence-electron chi connectivity index (χ4n) is 2.30. The van der Waals surface area contributed by atoms with Crippen molar-refractivity contribution >= 4 is 39.3 Å². The van der Waals surface area contributed by atoms with Gasteiger partial charge in [-0.3, -0.25) is 4.79 Å². The van der Waals surface area contributed by atoms with E-state index in [1.165, 1.54) is 32.1 Å². The molecule has 0 spiro atoms. The highest BCUT2D eigenvalue weighted by Gasteiger charge is 2.27. The first kappa shape index (κ1) is 18.7. The van der Waals surface area contributed by atoms with Crippen LogP contribution >= 0.6 is 15.9 Å². The van der Waals surface area contributed by atoms with E-state index in [2.05, 4.69) is 15.9 Å². The first-order chi connectivity index (χ1) is 11.9. The molecular formula is C18H16BrNO5. The number of ketones is 1. The van der Waals surface area contributed by atoms with Gasteiger partial charge in [0.1, 0.15) is 5.70 Å². The molecule has 1 aliphatic rings. The molecule has 0 atom stereocenters. The number of carbonyl (C=O) groups is 3. The molecule has 0 amide bonds. The number of methoxy groups -OCH3 is 2. The normalized spacial score (nSPS) is 13.5. The number of benzene rings is 1. The van der Waals surface area contributed by atoms with Crippen molar-refractivity contribution in [2.24, 2.45) is 0 Å². The SMILES string of the molecule is COC(=O)C1=C(C(=O)OC)N(c2ccc(C(C)=O)c(Br)c2)C=CC=C1. The van der Waals surface area contributed by atoms with Gasteiger partial charge in [0, 0.05) is 21.9 Å². The maximum atomic E-state index is 12.3. The zero-order valence-corrected chi connectivity index (χ0v) is 15.5. The second-order valence-corrected chi connectivity index (χ2v) is 5.89. The van der Waals surface area contributed by atoms with Crippen molar-refractivity contribution in [3.63, 3.8) is 0 Å². The molecule has 1 aliphatic heterocycles. The minimum Gasteiger partial charge on any atom is -0.465 e. The number of halogens is 1. The molecule has 0 aromatic heterocycles. The second kappa shape index (κ2) is 7.94. The zero-order valence-electron chi connectivity index (χ0n) is 13.9. The fraction of sp³-hybridized carbons (Fsp3) is 0.167. The number of nitrogens with zero attached hydrogens (tertiary/aromatic N) is 1. The lowest BCUT2D eigenvalue weighted by atomic mass is 10.1. The van der Waals surface area contributed by atoms with E-state index in [1.807, 2.05) is 0 Å². The van der Waals surface area contributed by atoms with E-state index in [9.17, 15) is 14.4 Å². The number of ether oxygens (including phenoxy) is 2. The summed E-state index contributed by atoms with van der Waals surface area (Å²) in [6.45, 7) is 1.46. The van der Waals surface area contributed by atoms with Crippen molar-refractivity contribution in [3.05, 3.63) is 63.9 Å². The van der Waals surface area contributed by atoms with Crippen LogP contribution in [0.5, 0.6) is 0 Å². The summed E-state index contributed by atoms with van der Waals surface area (Å²) in [5, 5.41) is 0. The quantitative estimate of drug-likeness (QED) is 0.565. The number of esters is 2. The van der Waals surface area contributed by atoms with Gasteiger partial charge in [-0.2, -0.15) is 0 Å². The van der Waals surface area contributed by atoms with Crippen LogP contribution in [0.15, 0.2) is 58.4 Å². The molecule has 0 saturated heterocycles. The highest BCUT2D eigenvalue weighted by atomic mass is 79.9. The van der Waals surface area contributed by atoms with Crippen molar-refractivity contribution in [1.29, 1.82) is 0 Å². The number of Topliss-reactive ketones (excluding diaryl/α,β-unsaturated/α-hetero) is 1. The standard InChI is InChI=1S/C18H16BrNO5/c1-11(21)13-8-7-12(10-15(13)19)20-9-5-4-6-14(17(22)24-2)16(20)18(23)25-3/h4-10H,1-3H3. The predicted molar refractivity (Wildman–Crippen MR) is 96.0 cm³/mol. The highest BCUT2D eigenvalue weighted by molar-refractivity contribution is 9.10. The molecule has 130 valence electrons. The summed E-state index contributed by atoms with van der Waals surface area (Å²) in [6.07, 6.45) is 6.39. The molecule has 2 rings (SSSR count). The Morgan fingerprint density at radius 2 is 1.72 bits per heavy atom. The van der Waals surface area contributed by atoms with Crippen molar-refractivity contribution in [2.75, 3.05) is 19.1 Å². The number of carbonyl (C=O) groups excluding carboxylic acids is 3. The van der Waals surface area contributed by atoms with E-state index in [0.29, 0.717) is 15.7 Å². The predicted octanol–water partition coefficient (Wildman–Crippen LogP) is 3.14. The minimum absolute atomic E-state index is 0.0156. The van der Waals surface area contributed by atoms with Crippen molar-refractivity contribution in [2.45, 2.75) is 6.92 Å². The second-order valence-electron chi connectivity index (χ2n) is 5.04. The maximum absolute atomic E-state index is 12.3. The van der Waals surface area contributed by atoms with Crippen LogP contribution < -0.4 is 4.90 Å². The lowest BCUT2D eigenvalue weighted by Crippen LogP contribution is -2.27. The Morgan fingerprint density at radius 1 is 1.04 bits per heavy atom. The first-order valence-corrected chi connectivity index (χ1v) is 8.05. The summed E-state index contributed by atoms with van der Waals surface area (Å²) in [7, 11) is 2.47. The van der Waals surface area contributed by atoms with Gasteiger partial charge in [0.15, 0.2) is 5.78 Å². The molecule has 0 unspecified atom stereocenters. The number of hydrogen-bond acceptors (Lipinski definition) is 6. The molecule has 0 radical (unpaired) electrons. The van der Waals surface area contributed by atoms with Gasteiger partial charge in [0.05, 0.1) is 19.8 Å². The van der Waals surface area contributed by atoms with Crippen LogP contribution in [0.4, 0.5) is 5.69 Å². The van der Waals surface area contributed by atoms with Crippen LogP contribution in [0.25, 0.3) is 0 Å². The number of hydrogen-bond donors (Lipinski definition) is 0. The van der Waals surface area contributed by atoms with Gasteiger partial charge in [-0.15, -0.1) is 0 Å². The van der Waals surface area contributed by atoms with E-state index < -0.39 is 11.9 Å². The highest BCUT2D eigenvalue weighted by Crippen LogP contribution is 2.30. The third-order valence-corrected chi connectivity index (χ3v) is 4.16. The molecule has 1 aromatic rings. The molecule has 1 heterocycles. The molecule has 7 heteroatoms. The topological polar surface area (TPSA) is 72.9 Å². The van der Waals surface area contributed by atoms with Gasteiger partial charge in [-0.25, -0.2) is 9.59 Å². The maximum Gasteiger partial charge on any atom is 0.355 e. The van der Waals surface area contributed by atoms with Crippen LogP contribution in [-0.2, 0) is 19.1 Å². The molecule has 0 aliphatic carbocycles. The van der Waals surface area contributed by atoms with Gasteiger partial charge >= 0.3 is 11.9 Å². The summed E-state index contributed by atoms with van der Waals surface area (Å²) < 4.78 is 10.2. The third kappa shape index (κ3) is 3.88. The van der Waals surface area contributed by atoms with E-state index >= 15 is 0 Å². The monoisotopic (exact) mass is 405 g/mol.